The Kier molecular flexibility index (Phi) is 21.2. The number of hydrogen-bond acceptors (Lipinski definition) is 18. The summed E-state index contributed by atoms with van der Waals surface area (Å²) in [7, 11) is 1.04. The van der Waals surface area contributed by atoms with E-state index in [4.69, 9.17) is 49.1 Å². The Bertz CT molecular complexity index is 1950. The van der Waals surface area contributed by atoms with E-state index >= 15 is 0 Å². The van der Waals surface area contributed by atoms with Crippen molar-refractivity contribution in [3.05, 3.63) is 54.1 Å². The minimum atomic E-state index is -2.42. The van der Waals surface area contributed by atoms with Gasteiger partial charge in [-0.15, -0.1) is 6.42 Å². The second-order valence-electron chi connectivity index (χ2n) is 13.8. The monoisotopic (exact) mass is 900 g/mol. The zero-order valence-corrected chi connectivity index (χ0v) is 36.6. The first-order valence-electron chi connectivity index (χ1n) is 19.5. The molecule has 0 aromatic heterocycles. The Hall–Kier alpha value is -5.85. The average Bonchev–Trinajstić information content (AvgIpc) is 3.22. The summed E-state index contributed by atoms with van der Waals surface area (Å²) in [5.41, 5.74) is 2.25. The highest BCUT2D eigenvalue weighted by Gasteiger charge is 2.59. The standard InChI is InChI=1S/C43H52N2O17S/c1-8-17-55-18-19-56-20-21-57-43(42(53)54-7)23-35(59-27(3)47)39(45-38(52)25-63-30(6)50)41(62-43)40(61-29(5)49)36(60-28(4)48)24-44-37(51)22-31-9-11-32(12-10-31)33-13-15-34(16-14-33)58-26(2)46/h1,9-16,35-36,39-41H,17-25H2,2-7H3,(H,44,51)(H,45,52)/t35-,36+,39+,40+,41+,43+/m0/s1. The molecule has 1 heterocycles. The maximum atomic E-state index is 13.7. The molecule has 1 saturated heterocycles. The molecule has 0 radical (unpaired) electrons. The second-order valence-corrected chi connectivity index (χ2v) is 14.9. The second kappa shape index (κ2) is 25.9. The van der Waals surface area contributed by atoms with Crippen molar-refractivity contribution in [2.45, 2.75) is 83.7 Å². The molecule has 342 valence electrons. The van der Waals surface area contributed by atoms with Crippen LogP contribution in [-0.4, -0.2) is 135 Å². The van der Waals surface area contributed by atoms with E-state index in [1.165, 1.54) is 13.8 Å². The van der Waals surface area contributed by atoms with Crippen LogP contribution in [0.15, 0.2) is 48.5 Å². The third kappa shape index (κ3) is 17.4. The van der Waals surface area contributed by atoms with Crippen LogP contribution < -0.4 is 15.4 Å². The summed E-state index contributed by atoms with van der Waals surface area (Å²) in [6.45, 7) is 5.12. The van der Waals surface area contributed by atoms with Gasteiger partial charge in [-0.3, -0.25) is 33.6 Å². The number of nitrogens with one attached hydrogen (secondary N) is 2. The van der Waals surface area contributed by atoms with Crippen LogP contribution in [0.1, 0.15) is 46.6 Å². The Morgan fingerprint density at radius 2 is 1.43 bits per heavy atom. The lowest BCUT2D eigenvalue weighted by Crippen LogP contribution is -2.69. The SMILES string of the molecule is C#CCOCCOCCO[C@]1(C(=O)OC)C[C@H](OC(C)=O)[C@@H](NC(=O)CSC(C)=O)[C@H]([C@H](OC(C)=O)[C@@H](CNC(=O)Cc2ccc(-c3ccc(OC(C)=O)cc3)cc2)OC(C)=O)O1. The van der Waals surface area contributed by atoms with Gasteiger partial charge in [-0.2, -0.15) is 0 Å². The molecule has 2 aromatic carbocycles. The lowest BCUT2D eigenvalue weighted by Gasteiger charge is -2.48. The molecule has 2 aromatic rings. The fourth-order valence-corrected chi connectivity index (χ4v) is 6.73. The number of thioether (sulfide) groups is 1. The molecule has 1 fully saturated rings. The largest absolute Gasteiger partial charge is 0.465 e. The highest BCUT2D eigenvalue weighted by molar-refractivity contribution is 8.14. The predicted octanol–water partition coefficient (Wildman–Crippen LogP) is 1.84. The average molecular weight is 901 g/mol. The molecule has 3 rings (SSSR count). The molecule has 19 nitrogen and oxygen atoms in total. The van der Waals surface area contributed by atoms with Gasteiger partial charge >= 0.3 is 29.8 Å². The van der Waals surface area contributed by atoms with E-state index in [-0.39, 0.29) is 44.6 Å². The fraction of sp³-hybridized carbons (Fsp3) is 0.488. The molecule has 0 spiro atoms. The summed E-state index contributed by atoms with van der Waals surface area (Å²) >= 11 is 0.674. The molecular formula is C43H52N2O17S. The van der Waals surface area contributed by atoms with Crippen LogP contribution in [0.2, 0.25) is 0 Å². The number of benzene rings is 2. The highest BCUT2D eigenvalue weighted by atomic mass is 32.2. The summed E-state index contributed by atoms with van der Waals surface area (Å²) in [6.07, 6.45) is -2.07. The molecule has 20 heteroatoms. The number of methoxy groups -OCH3 is 1. The van der Waals surface area contributed by atoms with Crippen LogP contribution in [0.5, 0.6) is 5.75 Å². The molecule has 0 saturated carbocycles. The third-order valence-electron chi connectivity index (χ3n) is 8.80. The summed E-state index contributed by atoms with van der Waals surface area (Å²) < 4.78 is 50.1. The number of esters is 5. The van der Waals surface area contributed by atoms with Crippen LogP contribution in [-0.2, 0) is 82.7 Å². The first kappa shape index (κ1) is 51.5. The first-order chi connectivity index (χ1) is 30.0. The zero-order valence-electron chi connectivity index (χ0n) is 35.8. The molecule has 63 heavy (non-hydrogen) atoms. The Balaban J connectivity index is 1.97. The minimum Gasteiger partial charge on any atom is -0.465 e. The van der Waals surface area contributed by atoms with Crippen molar-refractivity contribution in [1.82, 2.24) is 10.6 Å². The fourth-order valence-electron chi connectivity index (χ4n) is 6.31. The molecule has 1 aliphatic rings. The van der Waals surface area contributed by atoms with E-state index in [0.717, 1.165) is 39.0 Å². The van der Waals surface area contributed by atoms with E-state index in [0.29, 0.717) is 23.1 Å². The summed E-state index contributed by atoms with van der Waals surface area (Å²) in [5.74, 6) is -5.64. The van der Waals surface area contributed by atoms with Gasteiger partial charge in [0.15, 0.2) is 17.3 Å². The molecule has 2 N–H and O–H groups in total. The maximum Gasteiger partial charge on any atom is 0.366 e. The molecular weight excluding hydrogens is 849 g/mol. The Labute approximate surface area is 368 Å². The van der Waals surface area contributed by atoms with Crippen molar-refractivity contribution < 1.29 is 81.0 Å². The van der Waals surface area contributed by atoms with Crippen molar-refractivity contribution in [2.75, 3.05) is 52.4 Å². The lowest BCUT2D eigenvalue weighted by atomic mass is 9.87. The Morgan fingerprint density at radius 3 is 2.00 bits per heavy atom. The number of carbonyl (C=O) groups is 8. The van der Waals surface area contributed by atoms with Crippen LogP contribution in [0.25, 0.3) is 11.1 Å². The minimum absolute atomic E-state index is 0.0668. The third-order valence-corrected chi connectivity index (χ3v) is 9.61. The summed E-state index contributed by atoms with van der Waals surface area (Å²) in [6, 6.07) is 12.4. The van der Waals surface area contributed by atoms with E-state index in [9.17, 15) is 38.4 Å². The molecule has 6 atom stereocenters. The van der Waals surface area contributed by atoms with Gasteiger partial charge in [0.1, 0.15) is 24.6 Å². The maximum absolute atomic E-state index is 13.7. The van der Waals surface area contributed by atoms with E-state index < -0.39 is 96.6 Å². The van der Waals surface area contributed by atoms with Gasteiger partial charge in [0.05, 0.1) is 64.7 Å². The van der Waals surface area contributed by atoms with Crippen LogP contribution in [0, 0.1) is 12.3 Å². The topological polar surface area (TPSA) is 244 Å². The van der Waals surface area contributed by atoms with Gasteiger partial charge < -0.3 is 53.3 Å². The van der Waals surface area contributed by atoms with Gasteiger partial charge in [0, 0.05) is 34.6 Å². The number of hydrogen-bond donors (Lipinski definition) is 2. The Morgan fingerprint density at radius 1 is 0.810 bits per heavy atom. The van der Waals surface area contributed by atoms with Crippen LogP contribution in [0.3, 0.4) is 0 Å². The number of ether oxygens (including phenoxy) is 9. The first-order valence-corrected chi connectivity index (χ1v) is 20.5. The van der Waals surface area contributed by atoms with Crippen LogP contribution in [0.4, 0.5) is 0 Å². The van der Waals surface area contributed by atoms with E-state index in [1.54, 1.807) is 48.5 Å². The van der Waals surface area contributed by atoms with Gasteiger partial charge in [0.25, 0.3) is 5.79 Å². The van der Waals surface area contributed by atoms with Crippen molar-refractivity contribution in [1.29, 1.82) is 0 Å². The van der Waals surface area contributed by atoms with E-state index in [1.807, 2.05) is 0 Å². The number of rotatable bonds is 23. The van der Waals surface area contributed by atoms with Gasteiger partial charge in [-0.25, -0.2) is 4.79 Å². The van der Waals surface area contributed by atoms with Gasteiger partial charge in [-0.05, 0) is 28.8 Å². The van der Waals surface area contributed by atoms with Crippen LogP contribution >= 0.6 is 11.8 Å². The van der Waals surface area contributed by atoms with Gasteiger partial charge in [0.2, 0.25) is 11.8 Å². The molecule has 0 unspecified atom stereocenters. The highest BCUT2D eigenvalue weighted by Crippen LogP contribution is 2.37. The lowest BCUT2D eigenvalue weighted by molar-refractivity contribution is -0.315. The smallest absolute Gasteiger partial charge is 0.366 e. The van der Waals surface area contributed by atoms with E-state index in [2.05, 4.69) is 16.6 Å². The van der Waals surface area contributed by atoms with Crippen molar-refractivity contribution in [2.24, 2.45) is 0 Å². The zero-order chi connectivity index (χ0) is 46.5. The number of terminal acetylenes is 1. The van der Waals surface area contributed by atoms with Crippen molar-refractivity contribution >= 4 is 58.5 Å². The number of carbonyl (C=O) groups excluding carboxylic acids is 8. The molecule has 2 amide bonds. The normalized spacial score (nSPS) is 18.9. The van der Waals surface area contributed by atoms with Gasteiger partial charge in [-0.1, -0.05) is 54.1 Å². The number of amides is 2. The molecule has 0 bridgehead atoms. The van der Waals surface area contributed by atoms with Crippen molar-refractivity contribution in [3.63, 3.8) is 0 Å². The predicted molar refractivity (Wildman–Crippen MR) is 222 cm³/mol. The summed E-state index contributed by atoms with van der Waals surface area (Å²) in [4.78, 5) is 101. The quantitative estimate of drug-likeness (QED) is 0.0531. The molecule has 0 aliphatic carbocycles. The van der Waals surface area contributed by atoms with Crippen molar-refractivity contribution in [3.8, 4) is 29.2 Å². The summed E-state index contributed by atoms with van der Waals surface area (Å²) in [5, 5.41) is 4.94. The molecule has 1 aliphatic heterocycles.